The van der Waals surface area contributed by atoms with Gasteiger partial charge in [0.25, 0.3) is 0 Å². The van der Waals surface area contributed by atoms with Crippen molar-refractivity contribution in [1.82, 2.24) is 24.8 Å². The molecule has 0 aliphatic carbocycles. The lowest BCUT2D eigenvalue weighted by molar-refractivity contribution is -0.117. The molecule has 0 radical (unpaired) electrons. The maximum absolute atomic E-state index is 14.8. The van der Waals surface area contributed by atoms with Gasteiger partial charge in [0.05, 0.1) is 32.2 Å². The van der Waals surface area contributed by atoms with Gasteiger partial charge in [0.15, 0.2) is 17.0 Å². The Morgan fingerprint density at radius 1 is 1.32 bits per heavy atom. The first-order valence-electron chi connectivity index (χ1n) is 12.7. The number of halogens is 1. The number of carbonyl (C=O) groups excluding carboxylic acids is 1. The minimum absolute atomic E-state index is 0.0177. The second-order valence-electron chi connectivity index (χ2n) is 10.1. The van der Waals surface area contributed by atoms with Gasteiger partial charge in [-0.15, -0.1) is 0 Å². The number of hydrogen-bond acceptors (Lipinski definition) is 10. The predicted molar refractivity (Wildman–Crippen MR) is 148 cm³/mol. The van der Waals surface area contributed by atoms with Crippen LogP contribution in [-0.2, 0) is 15.1 Å². The maximum Gasteiger partial charge on any atom is 0.243 e. The van der Waals surface area contributed by atoms with E-state index < -0.39 is 18.1 Å². The van der Waals surface area contributed by atoms with E-state index in [1.165, 1.54) is 7.11 Å². The Hall–Kier alpha value is -3.74. The molecular weight excluding hydrogens is 491 g/mol. The van der Waals surface area contributed by atoms with Crippen molar-refractivity contribution >= 4 is 35.1 Å². The van der Waals surface area contributed by atoms with Gasteiger partial charge in [-0.3, -0.25) is 9.79 Å². The van der Waals surface area contributed by atoms with Gasteiger partial charge >= 0.3 is 0 Å². The third-order valence-electron chi connectivity index (χ3n) is 6.10. The van der Waals surface area contributed by atoms with Gasteiger partial charge in [-0.1, -0.05) is 13.0 Å². The Labute approximate surface area is 222 Å². The van der Waals surface area contributed by atoms with Crippen LogP contribution in [0.5, 0.6) is 0 Å². The summed E-state index contributed by atoms with van der Waals surface area (Å²) < 4.78 is 22.0. The zero-order valence-corrected chi connectivity index (χ0v) is 22.6. The highest BCUT2D eigenvalue weighted by Gasteiger charge is 2.36. The highest BCUT2D eigenvalue weighted by molar-refractivity contribution is 5.91. The number of fused-ring (bicyclic) bond motifs is 1. The Morgan fingerprint density at radius 2 is 2.08 bits per heavy atom. The SMILES string of the molecule is C=CC(=O)N[C@@H]1CN(c2nc(N/C(C=NCCCCCN)=C(/N)OC)c3ncn(C(C)(C)C)c3n2)C[C@H]1F. The topological polar surface area (TPSA) is 162 Å². The summed E-state index contributed by atoms with van der Waals surface area (Å²) >= 11 is 0. The van der Waals surface area contributed by atoms with Gasteiger partial charge in [-0.2, -0.15) is 9.97 Å². The van der Waals surface area contributed by atoms with Crippen LogP contribution >= 0.6 is 0 Å². The second kappa shape index (κ2) is 12.7. The van der Waals surface area contributed by atoms with Gasteiger partial charge in [0.1, 0.15) is 11.9 Å². The Morgan fingerprint density at radius 3 is 2.74 bits per heavy atom. The average molecular weight is 531 g/mol. The molecule has 0 saturated carbocycles. The van der Waals surface area contributed by atoms with Crippen LogP contribution in [0.4, 0.5) is 16.2 Å². The summed E-state index contributed by atoms with van der Waals surface area (Å²) in [6.45, 7) is 11.0. The standard InChI is InChI=1S/C25H39FN10O2/c1-6-19(37)31-18-14-35(13-16(18)26)24-33-22(20-23(34-24)36(15-30-20)25(2,3)4)32-17(21(28)38-5)12-29-11-9-7-8-10-27/h6,12,15-16,18H,1,7-11,13-14,27-28H2,2-5H3,(H,31,37)(H,32,33,34)/b21-17-,29-12?/t16-,18-/m1/s1. The molecule has 2 atom stereocenters. The molecule has 0 unspecified atom stereocenters. The lowest BCUT2D eigenvalue weighted by atomic mass is 10.1. The lowest BCUT2D eigenvalue weighted by Gasteiger charge is -2.22. The molecule has 208 valence electrons. The molecule has 3 heterocycles. The minimum atomic E-state index is -1.30. The fourth-order valence-electron chi connectivity index (χ4n) is 3.99. The summed E-state index contributed by atoms with van der Waals surface area (Å²) in [7, 11) is 1.46. The van der Waals surface area contributed by atoms with Crippen molar-refractivity contribution < 1.29 is 13.9 Å². The van der Waals surface area contributed by atoms with Crippen LogP contribution in [0, 0.1) is 0 Å². The Balaban J connectivity index is 1.98. The number of rotatable bonds is 12. The molecule has 0 spiro atoms. The van der Waals surface area contributed by atoms with E-state index in [1.807, 2.05) is 25.3 Å². The molecule has 12 nitrogen and oxygen atoms in total. The van der Waals surface area contributed by atoms with E-state index in [4.69, 9.17) is 21.2 Å². The summed E-state index contributed by atoms with van der Waals surface area (Å²) in [5.41, 5.74) is 12.8. The number of nitrogens with zero attached hydrogens (tertiary/aromatic N) is 6. The zero-order valence-electron chi connectivity index (χ0n) is 22.6. The zero-order chi connectivity index (χ0) is 27.9. The Kier molecular flexibility index (Phi) is 9.61. The number of amides is 1. The van der Waals surface area contributed by atoms with Crippen molar-refractivity contribution in [2.45, 2.75) is 57.8 Å². The molecule has 1 saturated heterocycles. The van der Waals surface area contributed by atoms with Gasteiger partial charge < -0.3 is 36.3 Å². The molecule has 2 aromatic heterocycles. The summed E-state index contributed by atoms with van der Waals surface area (Å²) in [4.78, 5) is 31.9. The molecule has 1 amide bonds. The molecule has 2 aromatic rings. The van der Waals surface area contributed by atoms with Crippen molar-refractivity contribution in [2.75, 3.05) is 43.5 Å². The summed E-state index contributed by atoms with van der Waals surface area (Å²) in [5, 5.41) is 5.83. The molecule has 1 fully saturated rings. The number of allylic oxidation sites excluding steroid dienone is 1. The number of hydrogen-bond donors (Lipinski definition) is 4. The lowest BCUT2D eigenvalue weighted by Crippen LogP contribution is -2.40. The van der Waals surface area contributed by atoms with Crippen LogP contribution in [-0.4, -0.2) is 77.1 Å². The summed E-state index contributed by atoms with van der Waals surface area (Å²) in [6, 6.07) is -0.713. The molecule has 0 bridgehead atoms. The molecule has 1 aliphatic heterocycles. The average Bonchev–Trinajstić information content (AvgIpc) is 3.48. The van der Waals surface area contributed by atoms with Crippen molar-refractivity contribution in [3.63, 3.8) is 0 Å². The molecule has 6 N–H and O–H groups in total. The van der Waals surface area contributed by atoms with Crippen LogP contribution in [0.1, 0.15) is 40.0 Å². The third kappa shape index (κ3) is 6.97. The van der Waals surface area contributed by atoms with Gasteiger partial charge in [-0.25, -0.2) is 9.37 Å². The van der Waals surface area contributed by atoms with Crippen molar-refractivity contribution in [2.24, 2.45) is 16.5 Å². The smallest absolute Gasteiger partial charge is 0.243 e. The maximum atomic E-state index is 14.8. The first-order chi connectivity index (χ1) is 18.1. The van der Waals surface area contributed by atoms with Crippen LogP contribution in [0.3, 0.4) is 0 Å². The quantitative estimate of drug-likeness (QED) is 0.139. The number of aliphatic imine (C=N–C) groups is 1. The van der Waals surface area contributed by atoms with Crippen molar-refractivity contribution in [3.8, 4) is 0 Å². The van der Waals surface area contributed by atoms with E-state index in [9.17, 15) is 9.18 Å². The Bertz CT molecular complexity index is 1190. The van der Waals surface area contributed by atoms with E-state index in [0.29, 0.717) is 35.8 Å². The van der Waals surface area contributed by atoms with E-state index in [1.54, 1.807) is 17.4 Å². The molecular formula is C25H39FN10O2. The number of nitrogens with two attached hydrogens (primary N) is 2. The van der Waals surface area contributed by atoms with E-state index >= 15 is 0 Å². The van der Waals surface area contributed by atoms with Crippen molar-refractivity contribution in [3.05, 3.63) is 30.6 Å². The predicted octanol–water partition coefficient (Wildman–Crippen LogP) is 1.80. The van der Waals surface area contributed by atoms with Crippen LogP contribution in [0.15, 0.2) is 35.6 Å². The third-order valence-corrected chi connectivity index (χ3v) is 6.10. The number of ether oxygens (including phenoxy) is 1. The summed E-state index contributed by atoms with van der Waals surface area (Å²) in [5.74, 6) is 0.345. The number of aromatic nitrogens is 4. The number of methoxy groups -OCH3 is 1. The number of nitrogens with one attached hydrogen (secondary N) is 2. The van der Waals surface area contributed by atoms with Crippen LogP contribution in [0.25, 0.3) is 11.2 Å². The van der Waals surface area contributed by atoms with E-state index in [0.717, 1.165) is 25.3 Å². The van der Waals surface area contributed by atoms with E-state index in [-0.39, 0.29) is 30.5 Å². The fourth-order valence-corrected chi connectivity index (χ4v) is 3.99. The van der Waals surface area contributed by atoms with Crippen LogP contribution in [0.2, 0.25) is 0 Å². The normalized spacial score (nSPS) is 18.6. The van der Waals surface area contributed by atoms with Gasteiger partial charge in [0.2, 0.25) is 17.7 Å². The number of alkyl halides is 1. The number of unbranched alkanes of at least 4 members (excludes halogenated alkanes) is 2. The van der Waals surface area contributed by atoms with Gasteiger partial charge in [0, 0.05) is 18.6 Å². The molecule has 38 heavy (non-hydrogen) atoms. The fraction of sp³-hybridized carbons (Fsp3) is 0.560. The highest BCUT2D eigenvalue weighted by atomic mass is 19.1. The first kappa shape index (κ1) is 28.8. The molecule has 1 aliphatic rings. The molecule has 3 rings (SSSR count). The highest BCUT2D eigenvalue weighted by Crippen LogP contribution is 2.29. The minimum Gasteiger partial charge on any atom is -0.481 e. The van der Waals surface area contributed by atoms with Crippen molar-refractivity contribution in [1.29, 1.82) is 0 Å². The van der Waals surface area contributed by atoms with E-state index in [2.05, 4.69) is 32.2 Å². The largest absolute Gasteiger partial charge is 0.481 e. The molecule has 0 aromatic carbocycles. The first-order valence-corrected chi connectivity index (χ1v) is 12.7. The number of carbonyl (C=O) groups is 1. The monoisotopic (exact) mass is 530 g/mol. The molecule has 13 heteroatoms. The summed E-state index contributed by atoms with van der Waals surface area (Å²) in [6.07, 6.45) is 5.95. The van der Waals surface area contributed by atoms with Crippen LogP contribution < -0.4 is 27.0 Å². The van der Waals surface area contributed by atoms with Gasteiger partial charge in [-0.05, 0) is 46.2 Å². The number of imidazole rings is 1. The number of anilines is 2. The second-order valence-corrected chi connectivity index (χ2v) is 10.1.